The van der Waals surface area contributed by atoms with Gasteiger partial charge >= 0.3 is 5.97 Å². The third-order valence-corrected chi connectivity index (χ3v) is 4.65. The zero-order valence-electron chi connectivity index (χ0n) is 16.8. The van der Waals surface area contributed by atoms with Gasteiger partial charge in [0.15, 0.2) is 0 Å². The number of nitrogens with two attached hydrogens (primary N) is 2. The molecule has 0 bridgehead atoms. The predicted octanol–water partition coefficient (Wildman–Crippen LogP) is -1.70. The van der Waals surface area contributed by atoms with E-state index < -0.39 is 47.7 Å². The van der Waals surface area contributed by atoms with E-state index in [4.69, 9.17) is 16.6 Å². The molecule has 0 spiro atoms. The summed E-state index contributed by atoms with van der Waals surface area (Å²) >= 11 is 0. The first kappa shape index (κ1) is 24.3. The minimum Gasteiger partial charge on any atom is -0.480 e. The van der Waals surface area contributed by atoms with Gasteiger partial charge in [0.2, 0.25) is 23.6 Å². The second-order valence-corrected chi connectivity index (χ2v) is 7.60. The summed E-state index contributed by atoms with van der Waals surface area (Å²) in [4.78, 5) is 60.3. The molecule has 11 nitrogen and oxygen atoms in total. The highest BCUT2D eigenvalue weighted by molar-refractivity contribution is 5.92. The molecule has 3 atom stereocenters. The van der Waals surface area contributed by atoms with Crippen molar-refractivity contribution in [2.75, 3.05) is 13.1 Å². The SMILES string of the molecule is CC(C)CC(NC(=O)C(N)CCC(N)=O)C(=O)NCC(=O)N1CCCC1C(=O)O. The average Bonchev–Trinajstić information content (AvgIpc) is 3.12. The zero-order valence-corrected chi connectivity index (χ0v) is 16.8. The number of carboxylic acids is 1. The van der Waals surface area contributed by atoms with E-state index in [1.165, 1.54) is 4.90 Å². The van der Waals surface area contributed by atoms with Crippen molar-refractivity contribution in [3.63, 3.8) is 0 Å². The monoisotopic (exact) mass is 413 g/mol. The Labute approximate surface area is 169 Å². The molecular weight excluding hydrogens is 382 g/mol. The van der Waals surface area contributed by atoms with Crippen LogP contribution in [0.4, 0.5) is 0 Å². The number of aliphatic carboxylic acids is 1. The van der Waals surface area contributed by atoms with E-state index >= 15 is 0 Å². The van der Waals surface area contributed by atoms with Crippen LogP contribution in [0.25, 0.3) is 0 Å². The van der Waals surface area contributed by atoms with Crippen molar-refractivity contribution in [3.8, 4) is 0 Å². The van der Waals surface area contributed by atoms with Gasteiger partial charge < -0.3 is 32.1 Å². The number of nitrogens with zero attached hydrogens (tertiary/aromatic N) is 1. The van der Waals surface area contributed by atoms with Crippen LogP contribution in [0.1, 0.15) is 46.0 Å². The van der Waals surface area contributed by atoms with E-state index in [1.54, 1.807) is 0 Å². The summed E-state index contributed by atoms with van der Waals surface area (Å²) < 4.78 is 0. The van der Waals surface area contributed by atoms with Crippen LogP contribution in [0.3, 0.4) is 0 Å². The molecule has 1 fully saturated rings. The molecule has 0 aliphatic carbocycles. The molecule has 7 N–H and O–H groups in total. The Morgan fingerprint density at radius 3 is 2.38 bits per heavy atom. The highest BCUT2D eigenvalue weighted by Crippen LogP contribution is 2.17. The average molecular weight is 413 g/mol. The maximum Gasteiger partial charge on any atom is 0.326 e. The molecule has 0 aromatic rings. The number of hydrogen-bond acceptors (Lipinski definition) is 6. The first-order valence-electron chi connectivity index (χ1n) is 9.67. The van der Waals surface area contributed by atoms with Crippen LogP contribution in [0.15, 0.2) is 0 Å². The molecule has 0 aromatic heterocycles. The summed E-state index contributed by atoms with van der Waals surface area (Å²) in [5.74, 6) is -3.23. The molecule has 164 valence electrons. The summed E-state index contributed by atoms with van der Waals surface area (Å²) in [6, 6.07) is -2.79. The number of likely N-dealkylation sites (tertiary alicyclic amines) is 1. The van der Waals surface area contributed by atoms with Gasteiger partial charge in [-0.25, -0.2) is 4.79 Å². The summed E-state index contributed by atoms with van der Waals surface area (Å²) in [5.41, 5.74) is 10.8. The van der Waals surface area contributed by atoms with Gasteiger partial charge in [0.1, 0.15) is 12.1 Å². The molecule has 1 aliphatic rings. The van der Waals surface area contributed by atoms with Gasteiger partial charge in [-0.2, -0.15) is 0 Å². The largest absolute Gasteiger partial charge is 0.480 e. The van der Waals surface area contributed by atoms with E-state index in [-0.39, 0.29) is 25.3 Å². The molecule has 0 radical (unpaired) electrons. The highest BCUT2D eigenvalue weighted by Gasteiger charge is 2.34. The molecule has 0 saturated carbocycles. The van der Waals surface area contributed by atoms with Gasteiger partial charge in [-0.15, -0.1) is 0 Å². The lowest BCUT2D eigenvalue weighted by Gasteiger charge is -2.24. The number of carbonyl (C=O) groups excluding carboxylic acids is 4. The van der Waals surface area contributed by atoms with Crippen LogP contribution >= 0.6 is 0 Å². The Balaban J connectivity index is 2.64. The number of amides is 4. The fraction of sp³-hybridized carbons (Fsp3) is 0.722. The number of nitrogens with one attached hydrogen (secondary N) is 2. The molecular formula is C18H31N5O6. The number of carbonyl (C=O) groups is 5. The third-order valence-electron chi connectivity index (χ3n) is 4.65. The van der Waals surface area contributed by atoms with Crippen LogP contribution in [0.5, 0.6) is 0 Å². The Hall–Kier alpha value is -2.69. The van der Waals surface area contributed by atoms with E-state index in [0.29, 0.717) is 25.8 Å². The van der Waals surface area contributed by atoms with Crippen LogP contribution < -0.4 is 22.1 Å². The van der Waals surface area contributed by atoms with E-state index in [2.05, 4.69) is 10.6 Å². The predicted molar refractivity (Wildman–Crippen MR) is 103 cm³/mol. The van der Waals surface area contributed by atoms with Gasteiger partial charge in [-0.3, -0.25) is 19.2 Å². The van der Waals surface area contributed by atoms with Gasteiger partial charge in [0.05, 0.1) is 12.6 Å². The Kier molecular flexibility index (Phi) is 9.53. The van der Waals surface area contributed by atoms with Crippen LogP contribution in [0.2, 0.25) is 0 Å². The summed E-state index contributed by atoms with van der Waals surface area (Å²) in [6.45, 7) is 3.70. The lowest BCUT2D eigenvalue weighted by Crippen LogP contribution is -2.54. The molecule has 1 heterocycles. The second-order valence-electron chi connectivity index (χ2n) is 7.60. The van der Waals surface area contributed by atoms with Crippen molar-refractivity contribution in [2.45, 2.75) is 64.1 Å². The first-order chi connectivity index (χ1) is 13.5. The van der Waals surface area contributed by atoms with Gasteiger partial charge in [-0.1, -0.05) is 13.8 Å². The maximum atomic E-state index is 12.5. The standard InChI is InChI=1S/C18H31N5O6/c1-10(2)8-12(22-16(26)11(19)5-6-14(20)24)17(27)21-9-15(25)23-7-3-4-13(23)18(28)29/h10-13H,3-9,19H2,1-2H3,(H2,20,24)(H,21,27)(H,22,26)(H,28,29). The Bertz CT molecular complexity index is 638. The van der Waals surface area contributed by atoms with Crippen molar-refractivity contribution < 1.29 is 29.1 Å². The van der Waals surface area contributed by atoms with Crippen molar-refractivity contribution in [3.05, 3.63) is 0 Å². The number of carboxylic acid groups (broad SMARTS) is 1. The van der Waals surface area contributed by atoms with E-state index in [9.17, 15) is 24.0 Å². The lowest BCUT2D eigenvalue weighted by molar-refractivity contribution is -0.148. The third kappa shape index (κ3) is 8.06. The Morgan fingerprint density at radius 1 is 1.17 bits per heavy atom. The molecule has 4 amide bonds. The first-order valence-corrected chi connectivity index (χ1v) is 9.67. The highest BCUT2D eigenvalue weighted by atomic mass is 16.4. The summed E-state index contributed by atoms with van der Waals surface area (Å²) in [6.07, 6.45) is 1.29. The molecule has 1 saturated heterocycles. The second kappa shape index (κ2) is 11.3. The Morgan fingerprint density at radius 2 is 1.83 bits per heavy atom. The zero-order chi connectivity index (χ0) is 22.1. The van der Waals surface area contributed by atoms with Gasteiger partial charge in [-0.05, 0) is 31.6 Å². The van der Waals surface area contributed by atoms with Crippen molar-refractivity contribution in [2.24, 2.45) is 17.4 Å². The van der Waals surface area contributed by atoms with Crippen LogP contribution in [0, 0.1) is 5.92 Å². The fourth-order valence-corrected chi connectivity index (χ4v) is 3.12. The summed E-state index contributed by atoms with van der Waals surface area (Å²) in [5, 5.41) is 14.2. The topological polar surface area (TPSA) is 185 Å². The van der Waals surface area contributed by atoms with Gasteiger partial charge in [0.25, 0.3) is 0 Å². The molecule has 1 aliphatic heterocycles. The molecule has 1 rings (SSSR count). The van der Waals surface area contributed by atoms with Crippen molar-refractivity contribution >= 4 is 29.6 Å². The smallest absolute Gasteiger partial charge is 0.326 e. The number of primary amides is 1. The summed E-state index contributed by atoms with van der Waals surface area (Å²) in [7, 11) is 0. The van der Waals surface area contributed by atoms with Crippen molar-refractivity contribution in [1.82, 2.24) is 15.5 Å². The minimum atomic E-state index is -1.07. The number of rotatable bonds is 11. The van der Waals surface area contributed by atoms with E-state index in [1.807, 2.05) is 13.8 Å². The molecule has 11 heteroatoms. The molecule has 0 aromatic carbocycles. The fourth-order valence-electron chi connectivity index (χ4n) is 3.12. The van der Waals surface area contributed by atoms with Crippen LogP contribution in [-0.4, -0.2) is 70.8 Å². The van der Waals surface area contributed by atoms with Crippen LogP contribution in [-0.2, 0) is 24.0 Å². The van der Waals surface area contributed by atoms with Gasteiger partial charge in [0, 0.05) is 13.0 Å². The number of hydrogen-bond donors (Lipinski definition) is 5. The van der Waals surface area contributed by atoms with E-state index in [0.717, 1.165) is 0 Å². The normalized spacial score (nSPS) is 18.2. The minimum absolute atomic E-state index is 0.0509. The molecule has 29 heavy (non-hydrogen) atoms. The molecule has 3 unspecified atom stereocenters. The lowest BCUT2D eigenvalue weighted by atomic mass is 10.0. The van der Waals surface area contributed by atoms with Crippen molar-refractivity contribution in [1.29, 1.82) is 0 Å². The maximum absolute atomic E-state index is 12.5. The quantitative estimate of drug-likeness (QED) is 0.267.